The molecule has 4 aromatic rings. The Labute approximate surface area is 263 Å². The first-order valence-electron chi connectivity index (χ1n) is 15.2. The number of nitrogens with zero attached hydrogens (tertiary/aromatic N) is 2. The molecule has 232 valence electrons. The molecule has 3 aromatic carbocycles. The zero-order chi connectivity index (χ0) is 31.8. The zero-order valence-corrected chi connectivity index (χ0v) is 25.9. The molecule has 0 spiro atoms. The normalized spacial score (nSPS) is 15.7. The van der Waals surface area contributed by atoms with Crippen molar-refractivity contribution in [2.45, 2.75) is 52.3 Å². The summed E-state index contributed by atoms with van der Waals surface area (Å²) in [6, 6.07) is 22.9. The number of likely N-dealkylation sites (tertiary alicyclic amines) is 1. The number of Topliss-reactive ketones (excluding diaryl/α,β-unsaturated/α-hetero) is 1. The van der Waals surface area contributed by atoms with Crippen molar-refractivity contribution in [2.75, 3.05) is 13.7 Å². The second-order valence-electron chi connectivity index (χ2n) is 11.0. The molecule has 1 unspecified atom stereocenters. The topological polar surface area (TPSA) is 98.2 Å². The number of hydrogen-bond acceptors (Lipinski definition) is 7. The molecule has 1 aromatic heterocycles. The number of aliphatic hydroxyl groups excluding tert-OH is 1. The number of methoxy groups -OCH3 is 1. The highest BCUT2D eigenvalue weighted by molar-refractivity contribution is 6.46. The van der Waals surface area contributed by atoms with E-state index in [-0.39, 0.29) is 17.9 Å². The summed E-state index contributed by atoms with van der Waals surface area (Å²) in [6.45, 7) is 5.24. The summed E-state index contributed by atoms with van der Waals surface area (Å²) in [5.74, 6) is -0.0736. The lowest BCUT2D eigenvalue weighted by atomic mass is 9.94. The van der Waals surface area contributed by atoms with Gasteiger partial charge in [-0.15, -0.1) is 0 Å². The van der Waals surface area contributed by atoms with Crippen molar-refractivity contribution in [1.29, 1.82) is 0 Å². The number of carbonyl (C=O) groups is 2. The van der Waals surface area contributed by atoms with E-state index in [9.17, 15) is 14.7 Å². The number of carbonyl (C=O) groups excluding carboxylic acids is 2. The van der Waals surface area contributed by atoms with Crippen LogP contribution in [-0.4, -0.2) is 40.4 Å². The van der Waals surface area contributed by atoms with Crippen molar-refractivity contribution in [2.24, 2.45) is 0 Å². The molecule has 8 nitrogen and oxygen atoms in total. The van der Waals surface area contributed by atoms with Crippen LogP contribution < -0.4 is 14.2 Å². The average Bonchev–Trinajstić information content (AvgIpc) is 3.31. The lowest BCUT2D eigenvalue weighted by Crippen LogP contribution is -2.29. The number of unbranched alkanes of at least 4 members (excludes halogenated alkanes) is 2. The Morgan fingerprint density at radius 1 is 0.933 bits per heavy atom. The number of rotatable bonds is 13. The molecule has 45 heavy (non-hydrogen) atoms. The summed E-state index contributed by atoms with van der Waals surface area (Å²) in [6.07, 6.45) is 6.36. The fraction of sp³-hybridized carbons (Fsp3) is 0.270. The number of pyridine rings is 1. The van der Waals surface area contributed by atoms with Gasteiger partial charge in [-0.25, -0.2) is 0 Å². The van der Waals surface area contributed by atoms with Gasteiger partial charge in [0.05, 0.1) is 25.3 Å². The van der Waals surface area contributed by atoms with Gasteiger partial charge in [-0.3, -0.25) is 14.6 Å². The quantitative estimate of drug-likeness (QED) is 0.0746. The molecular formula is C37H38N2O6. The predicted octanol–water partition coefficient (Wildman–Crippen LogP) is 7.17. The lowest BCUT2D eigenvalue weighted by Gasteiger charge is -2.26. The molecule has 1 saturated heterocycles. The third kappa shape index (κ3) is 7.17. The summed E-state index contributed by atoms with van der Waals surface area (Å²) in [5.41, 5.74) is 3.96. The van der Waals surface area contributed by atoms with Gasteiger partial charge < -0.3 is 24.2 Å². The van der Waals surface area contributed by atoms with Gasteiger partial charge in [0.15, 0.2) is 11.5 Å². The fourth-order valence-corrected chi connectivity index (χ4v) is 5.38. The first-order valence-corrected chi connectivity index (χ1v) is 15.2. The summed E-state index contributed by atoms with van der Waals surface area (Å²) >= 11 is 0. The molecule has 2 heterocycles. The third-order valence-electron chi connectivity index (χ3n) is 7.91. The van der Waals surface area contributed by atoms with Crippen LogP contribution in [0.25, 0.3) is 5.76 Å². The molecule has 8 heteroatoms. The fourth-order valence-electron chi connectivity index (χ4n) is 5.38. The maximum Gasteiger partial charge on any atom is 0.295 e. The molecule has 1 N–H and O–H groups in total. The Morgan fingerprint density at radius 2 is 1.73 bits per heavy atom. The molecule has 0 bridgehead atoms. The van der Waals surface area contributed by atoms with Crippen molar-refractivity contribution in [1.82, 2.24) is 9.88 Å². The van der Waals surface area contributed by atoms with Crippen LogP contribution in [0.1, 0.15) is 60.0 Å². The van der Waals surface area contributed by atoms with Crippen LogP contribution in [-0.2, 0) is 22.7 Å². The Kier molecular flexibility index (Phi) is 10.1. The number of aliphatic hydroxyl groups is 1. The minimum absolute atomic E-state index is 0.00358. The molecule has 5 rings (SSSR count). The first kappa shape index (κ1) is 31.3. The van der Waals surface area contributed by atoms with Gasteiger partial charge in [0.2, 0.25) is 0 Å². The number of hydrogen-bond donors (Lipinski definition) is 1. The van der Waals surface area contributed by atoms with Crippen molar-refractivity contribution in [3.63, 3.8) is 0 Å². The number of aryl methyl sites for hydroxylation is 1. The Balaban J connectivity index is 1.48. The maximum absolute atomic E-state index is 13.6. The smallest absolute Gasteiger partial charge is 0.295 e. The molecule has 1 amide bonds. The van der Waals surface area contributed by atoms with E-state index < -0.39 is 17.7 Å². The number of aromatic nitrogens is 1. The van der Waals surface area contributed by atoms with Gasteiger partial charge >= 0.3 is 0 Å². The summed E-state index contributed by atoms with van der Waals surface area (Å²) < 4.78 is 17.6. The van der Waals surface area contributed by atoms with Crippen molar-refractivity contribution >= 4 is 17.4 Å². The molecular weight excluding hydrogens is 568 g/mol. The molecule has 1 aliphatic heterocycles. The molecule has 0 radical (unpaired) electrons. The Morgan fingerprint density at radius 3 is 2.44 bits per heavy atom. The van der Waals surface area contributed by atoms with Crippen molar-refractivity contribution in [3.05, 3.63) is 125 Å². The Bertz CT molecular complexity index is 1670. The van der Waals surface area contributed by atoms with Crippen LogP contribution >= 0.6 is 0 Å². The number of amides is 1. The van der Waals surface area contributed by atoms with Gasteiger partial charge in [-0.2, -0.15) is 0 Å². The molecule has 0 saturated carbocycles. The molecule has 1 atom stereocenters. The van der Waals surface area contributed by atoms with Crippen molar-refractivity contribution in [3.8, 4) is 17.2 Å². The summed E-state index contributed by atoms with van der Waals surface area (Å²) in [7, 11) is 1.55. The van der Waals surface area contributed by atoms with E-state index in [1.165, 1.54) is 4.90 Å². The van der Waals surface area contributed by atoms with Crippen LogP contribution in [0.4, 0.5) is 0 Å². The largest absolute Gasteiger partial charge is 0.507 e. The molecule has 1 fully saturated rings. The van der Waals surface area contributed by atoms with Gasteiger partial charge in [0.1, 0.15) is 18.1 Å². The van der Waals surface area contributed by atoms with E-state index in [0.717, 1.165) is 36.0 Å². The Hall–Kier alpha value is -5.11. The number of benzene rings is 3. The van der Waals surface area contributed by atoms with Gasteiger partial charge in [-0.05, 0) is 78.1 Å². The first-order chi connectivity index (χ1) is 21.9. The van der Waals surface area contributed by atoms with Crippen LogP contribution in [0.3, 0.4) is 0 Å². The van der Waals surface area contributed by atoms with Gasteiger partial charge in [-0.1, -0.05) is 56.2 Å². The maximum atomic E-state index is 13.6. The predicted molar refractivity (Wildman–Crippen MR) is 172 cm³/mol. The highest BCUT2D eigenvalue weighted by Gasteiger charge is 2.46. The highest BCUT2D eigenvalue weighted by Crippen LogP contribution is 2.43. The lowest BCUT2D eigenvalue weighted by molar-refractivity contribution is -0.140. The van der Waals surface area contributed by atoms with E-state index in [1.54, 1.807) is 68.0 Å². The van der Waals surface area contributed by atoms with E-state index >= 15 is 0 Å². The van der Waals surface area contributed by atoms with E-state index in [2.05, 4.69) is 11.9 Å². The monoisotopic (exact) mass is 606 g/mol. The second kappa shape index (κ2) is 14.6. The van der Waals surface area contributed by atoms with Crippen molar-refractivity contribution < 1.29 is 28.9 Å². The summed E-state index contributed by atoms with van der Waals surface area (Å²) in [5, 5.41) is 11.6. The number of ether oxygens (including phenoxy) is 3. The molecule has 0 aliphatic carbocycles. The standard InChI is InChI=1S/C37H38N2O6/c1-4-5-8-20-44-31-18-15-28(21-32(31)43-3)34-33(36(41)37(42)39(34)23-26-11-9-19-38-22-26)35(40)27-13-16-30(17-14-27)45-24-29-12-7-6-10-25(29)2/h6-7,9-19,21-22,34,40H,4-5,8,20,23-24H2,1-3H3/b35-33+. The van der Waals surface area contributed by atoms with E-state index in [0.29, 0.717) is 41.6 Å². The van der Waals surface area contributed by atoms with Crippen LogP contribution in [0.2, 0.25) is 0 Å². The zero-order valence-electron chi connectivity index (χ0n) is 25.9. The van der Waals surface area contributed by atoms with Crippen LogP contribution in [0.15, 0.2) is 96.8 Å². The third-order valence-corrected chi connectivity index (χ3v) is 7.91. The molecule has 1 aliphatic rings. The van der Waals surface area contributed by atoms with Crippen LogP contribution in [0, 0.1) is 6.92 Å². The minimum Gasteiger partial charge on any atom is -0.507 e. The average molecular weight is 607 g/mol. The minimum atomic E-state index is -0.870. The van der Waals surface area contributed by atoms with Gasteiger partial charge in [0.25, 0.3) is 11.7 Å². The van der Waals surface area contributed by atoms with Gasteiger partial charge in [0, 0.05) is 24.5 Å². The van der Waals surface area contributed by atoms with E-state index in [4.69, 9.17) is 14.2 Å². The van der Waals surface area contributed by atoms with E-state index in [1.807, 2.05) is 37.3 Å². The second-order valence-corrected chi connectivity index (χ2v) is 11.0. The highest BCUT2D eigenvalue weighted by atomic mass is 16.5. The SMILES string of the molecule is CCCCCOc1ccc(C2/C(=C(\O)c3ccc(OCc4ccccc4C)cc3)C(=O)C(=O)N2Cc2cccnc2)cc1OC. The summed E-state index contributed by atoms with van der Waals surface area (Å²) in [4.78, 5) is 32.7. The number of ketones is 1. The van der Waals surface area contributed by atoms with Crippen LogP contribution in [0.5, 0.6) is 17.2 Å².